The van der Waals surface area contributed by atoms with Crippen LogP contribution in [0.5, 0.6) is 0 Å². The summed E-state index contributed by atoms with van der Waals surface area (Å²) in [5.41, 5.74) is 2.87. The van der Waals surface area contributed by atoms with Gasteiger partial charge in [0.1, 0.15) is 5.82 Å². The van der Waals surface area contributed by atoms with Gasteiger partial charge in [-0.15, -0.1) is 0 Å². The van der Waals surface area contributed by atoms with E-state index in [1.165, 1.54) is 12.1 Å². The number of hydrogen-bond donors (Lipinski definition) is 0. The molecule has 0 N–H and O–H groups in total. The van der Waals surface area contributed by atoms with E-state index in [-0.39, 0.29) is 18.1 Å². The molecule has 0 aliphatic carbocycles. The van der Waals surface area contributed by atoms with Gasteiger partial charge in [0.15, 0.2) is 5.78 Å². The van der Waals surface area contributed by atoms with E-state index in [0.29, 0.717) is 5.56 Å². The zero-order chi connectivity index (χ0) is 14.1. The van der Waals surface area contributed by atoms with Crippen LogP contribution in [0.25, 0.3) is 11.0 Å². The van der Waals surface area contributed by atoms with Crippen molar-refractivity contribution < 1.29 is 9.18 Å². The zero-order valence-corrected chi connectivity index (χ0v) is 11.0. The molecule has 0 fully saturated rings. The maximum atomic E-state index is 13.3. The van der Waals surface area contributed by atoms with Gasteiger partial charge in [-0.1, -0.05) is 12.1 Å². The first-order valence-electron chi connectivity index (χ1n) is 6.34. The number of imidazole rings is 1. The molecule has 0 radical (unpaired) electrons. The fourth-order valence-electron chi connectivity index (χ4n) is 2.28. The van der Waals surface area contributed by atoms with Crippen LogP contribution in [-0.2, 0) is 6.54 Å². The molecule has 2 aromatic carbocycles. The summed E-state index contributed by atoms with van der Waals surface area (Å²) in [6.45, 7) is 1.93. The largest absolute Gasteiger partial charge is 0.323 e. The highest BCUT2D eigenvalue weighted by Gasteiger charge is 2.11. The third kappa shape index (κ3) is 2.32. The number of benzene rings is 2. The Morgan fingerprint density at radius 3 is 2.85 bits per heavy atom. The third-order valence-electron chi connectivity index (χ3n) is 3.21. The van der Waals surface area contributed by atoms with Gasteiger partial charge in [-0.25, -0.2) is 9.37 Å². The van der Waals surface area contributed by atoms with Crippen molar-refractivity contribution in [1.29, 1.82) is 0 Å². The average molecular weight is 268 g/mol. The smallest absolute Gasteiger partial charge is 0.182 e. The molecule has 3 nitrogen and oxygen atoms in total. The Bertz CT molecular complexity index is 772. The third-order valence-corrected chi connectivity index (χ3v) is 3.21. The first-order chi connectivity index (χ1) is 9.63. The minimum Gasteiger partial charge on any atom is -0.323 e. The average Bonchev–Trinajstić information content (AvgIpc) is 2.81. The minimum absolute atomic E-state index is 0.129. The number of carbonyl (C=O) groups excluding carboxylic acids is 1. The number of fused-ring (bicyclic) bond motifs is 1. The summed E-state index contributed by atoms with van der Waals surface area (Å²) < 4.78 is 15.1. The second-order valence-corrected chi connectivity index (χ2v) is 4.80. The Labute approximate surface area is 115 Å². The van der Waals surface area contributed by atoms with Gasteiger partial charge in [0, 0.05) is 5.56 Å². The number of Topliss-reactive ketones (excluding diaryl/α,β-unsaturated/α-hetero) is 1. The van der Waals surface area contributed by atoms with Crippen molar-refractivity contribution in [3.63, 3.8) is 0 Å². The normalized spacial score (nSPS) is 10.9. The minimum atomic E-state index is -0.385. The molecule has 1 aromatic heterocycles. The lowest BCUT2D eigenvalue weighted by Crippen LogP contribution is -2.10. The van der Waals surface area contributed by atoms with Crippen LogP contribution in [0.2, 0.25) is 0 Å². The quantitative estimate of drug-likeness (QED) is 0.683. The summed E-state index contributed by atoms with van der Waals surface area (Å²) in [5, 5.41) is 0. The van der Waals surface area contributed by atoms with Crippen LogP contribution in [-0.4, -0.2) is 15.3 Å². The van der Waals surface area contributed by atoms with Gasteiger partial charge in [-0.2, -0.15) is 0 Å². The Morgan fingerprint density at radius 1 is 1.25 bits per heavy atom. The molecule has 0 aliphatic heterocycles. The molecule has 0 spiro atoms. The SMILES string of the molecule is Cc1cc(F)cc(C(=O)Cn2cnc3ccccc32)c1. The van der Waals surface area contributed by atoms with Gasteiger partial charge in [-0.05, 0) is 42.8 Å². The highest BCUT2D eigenvalue weighted by molar-refractivity contribution is 5.96. The molecule has 4 heteroatoms. The molecule has 0 unspecified atom stereocenters. The highest BCUT2D eigenvalue weighted by Crippen LogP contribution is 2.14. The fraction of sp³-hybridized carbons (Fsp3) is 0.125. The van der Waals surface area contributed by atoms with E-state index in [1.54, 1.807) is 23.9 Å². The van der Waals surface area contributed by atoms with Gasteiger partial charge in [0.05, 0.1) is 23.9 Å². The van der Waals surface area contributed by atoms with Gasteiger partial charge < -0.3 is 4.57 Å². The van der Waals surface area contributed by atoms with Gasteiger partial charge in [-0.3, -0.25) is 4.79 Å². The van der Waals surface area contributed by atoms with Crippen molar-refractivity contribution in [3.8, 4) is 0 Å². The van der Waals surface area contributed by atoms with Crippen molar-refractivity contribution in [1.82, 2.24) is 9.55 Å². The van der Waals surface area contributed by atoms with E-state index in [0.717, 1.165) is 16.6 Å². The standard InChI is InChI=1S/C16H13FN2O/c1-11-6-12(8-13(17)7-11)16(20)9-19-10-18-14-4-2-3-5-15(14)19/h2-8,10H,9H2,1H3. The number of ketones is 1. The zero-order valence-electron chi connectivity index (χ0n) is 11.0. The molecule has 3 aromatic rings. The molecule has 0 atom stereocenters. The second-order valence-electron chi connectivity index (χ2n) is 4.80. The number of rotatable bonds is 3. The molecule has 0 saturated heterocycles. The van der Waals surface area contributed by atoms with Crippen LogP contribution in [0.15, 0.2) is 48.8 Å². The van der Waals surface area contributed by atoms with Crippen LogP contribution in [0.3, 0.4) is 0 Å². The maximum Gasteiger partial charge on any atom is 0.182 e. The van der Waals surface area contributed by atoms with Crippen LogP contribution in [0.1, 0.15) is 15.9 Å². The van der Waals surface area contributed by atoms with Crippen LogP contribution in [0, 0.1) is 12.7 Å². The predicted molar refractivity (Wildman–Crippen MR) is 75.2 cm³/mol. The summed E-state index contributed by atoms with van der Waals surface area (Å²) in [6, 6.07) is 12.0. The molecular weight excluding hydrogens is 255 g/mol. The highest BCUT2D eigenvalue weighted by atomic mass is 19.1. The van der Waals surface area contributed by atoms with Crippen molar-refractivity contribution in [2.45, 2.75) is 13.5 Å². The van der Waals surface area contributed by atoms with Crippen molar-refractivity contribution >= 4 is 16.8 Å². The topological polar surface area (TPSA) is 34.9 Å². The van der Waals surface area contributed by atoms with Crippen molar-refractivity contribution in [2.24, 2.45) is 0 Å². The number of hydrogen-bond acceptors (Lipinski definition) is 2. The monoisotopic (exact) mass is 268 g/mol. The van der Waals surface area contributed by atoms with E-state index in [9.17, 15) is 9.18 Å². The van der Waals surface area contributed by atoms with E-state index in [1.807, 2.05) is 24.3 Å². The Kier molecular flexibility index (Phi) is 3.06. The first kappa shape index (κ1) is 12.5. The fourth-order valence-corrected chi connectivity index (χ4v) is 2.28. The molecule has 0 saturated carbocycles. The first-order valence-corrected chi connectivity index (χ1v) is 6.34. The Balaban J connectivity index is 1.92. The van der Waals surface area contributed by atoms with E-state index < -0.39 is 0 Å². The number of aromatic nitrogens is 2. The molecule has 100 valence electrons. The number of para-hydroxylation sites is 2. The van der Waals surface area contributed by atoms with E-state index in [4.69, 9.17) is 0 Å². The molecule has 0 bridgehead atoms. The number of aryl methyl sites for hydroxylation is 1. The summed E-state index contributed by atoms with van der Waals surface area (Å²) in [6.07, 6.45) is 1.63. The van der Waals surface area contributed by atoms with Crippen molar-refractivity contribution in [3.05, 3.63) is 65.7 Å². The van der Waals surface area contributed by atoms with Gasteiger partial charge >= 0.3 is 0 Å². The lowest BCUT2D eigenvalue weighted by Gasteiger charge is -2.05. The van der Waals surface area contributed by atoms with Gasteiger partial charge in [0.25, 0.3) is 0 Å². The Hall–Kier alpha value is -2.49. The van der Waals surface area contributed by atoms with Gasteiger partial charge in [0.2, 0.25) is 0 Å². The number of carbonyl (C=O) groups is 1. The van der Waals surface area contributed by atoms with E-state index >= 15 is 0 Å². The predicted octanol–water partition coefficient (Wildman–Crippen LogP) is 3.37. The molecule has 3 rings (SSSR count). The maximum absolute atomic E-state index is 13.3. The van der Waals surface area contributed by atoms with E-state index in [2.05, 4.69) is 4.98 Å². The summed E-state index contributed by atoms with van der Waals surface area (Å²) >= 11 is 0. The van der Waals surface area contributed by atoms with Crippen LogP contribution in [0.4, 0.5) is 4.39 Å². The number of halogens is 1. The number of nitrogens with zero attached hydrogens (tertiary/aromatic N) is 2. The summed E-state index contributed by atoms with van der Waals surface area (Å²) in [7, 11) is 0. The Morgan fingerprint density at radius 2 is 2.05 bits per heavy atom. The molecule has 0 amide bonds. The summed E-state index contributed by atoms with van der Waals surface area (Å²) in [5.74, 6) is -0.514. The lowest BCUT2D eigenvalue weighted by atomic mass is 10.1. The second kappa shape index (κ2) is 4.89. The van der Waals surface area contributed by atoms with Crippen LogP contribution < -0.4 is 0 Å². The molecule has 1 heterocycles. The lowest BCUT2D eigenvalue weighted by molar-refractivity contribution is 0.0973. The van der Waals surface area contributed by atoms with Crippen LogP contribution >= 0.6 is 0 Å². The molecule has 0 aliphatic rings. The summed E-state index contributed by atoms with van der Waals surface area (Å²) in [4.78, 5) is 16.5. The molecular formula is C16H13FN2O. The van der Waals surface area contributed by atoms with Crippen molar-refractivity contribution in [2.75, 3.05) is 0 Å². The molecule has 20 heavy (non-hydrogen) atoms.